The van der Waals surface area contributed by atoms with Crippen molar-refractivity contribution in [2.75, 3.05) is 6.54 Å². The summed E-state index contributed by atoms with van der Waals surface area (Å²) in [5.41, 5.74) is 6.18. The highest BCUT2D eigenvalue weighted by Gasteiger charge is 2.31. The number of para-hydroxylation sites is 1. The number of nitrogens with one attached hydrogen (secondary N) is 1. The predicted molar refractivity (Wildman–Crippen MR) is 112 cm³/mol. The molecule has 5 nitrogen and oxygen atoms in total. The number of aromatic nitrogens is 2. The Hall–Kier alpha value is -3.44. The summed E-state index contributed by atoms with van der Waals surface area (Å²) >= 11 is 0. The van der Waals surface area contributed by atoms with E-state index in [1.807, 2.05) is 24.4 Å². The van der Waals surface area contributed by atoms with E-state index in [4.69, 9.17) is 0 Å². The molecule has 1 aliphatic rings. The molecule has 4 aromatic rings. The summed E-state index contributed by atoms with van der Waals surface area (Å²) in [5, 5.41) is 10.6. The quantitative estimate of drug-likeness (QED) is 0.548. The molecule has 29 heavy (non-hydrogen) atoms. The van der Waals surface area contributed by atoms with Crippen LogP contribution in [0, 0.1) is 0 Å². The molecule has 2 aromatic carbocycles. The maximum atomic E-state index is 11.4. The molecule has 2 aromatic heterocycles. The van der Waals surface area contributed by atoms with Crippen LogP contribution in [0.15, 0.2) is 73.1 Å². The standard InChI is InChI=1S/C24H21N3O2/c28-24(29)17-6-3-5-16(13-17)15-27-12-10-20-19-8-1-2-9-21(19)26-22(20)23(27)18-7-4-11-25-14-18/h1-9,11,13-14,23,26H,10,12,15H2,(H,28,29). The summed E-state index contributed by atoms with van der Waals surface area (Å²) in [4.78, 5) is 21.8. The van der Waals surface area contributed by atoms with Crippen molar-refractivity contribution in [1.82, 2.24) is 14.9 Å². The molecule has 3 heterocycles. The van der Waals surface area contributed by atoms with Crippen molar-refractivity contribution >= 4 is 16.9 Å². The van der Waals surface area contributed by atoms with Gasteiger partial charge in [-0.1, -0.05) is 36.4 Å². The second-order valence-corrected chi connectivity index (χ2v) is 7.48. The Morgan fingerprint density at radius 1 is 1.14 bits per heavy atom. The van der Waals surface area contributed by atoms with E-state index in [1.54, 1.807) is 18.3 Å². The van der Waals surface area contributed by atoms with Crippen LogP contribution in [0.3, 0.4) is 0 Å². The first kappa shape index (κ1) is 17.6. The number of benzene rings is 2. The van der Waals surface area contributed by atoms with Crippen molar-refractivity contribution < 1.29 is 9.90 Å². The smallest absolute Gasteiger partial charge is 0.335 e. The second kappa shape index (κ2) is 7.18. The first-order chi connectivity index (χ1) is 14.2. The number of pyridine rings is 1. The fraction of sp³-hybridized carbons (Fsp3) is 0.167. The van der Waals surface area contributed by atoms with E-state index < -0.39 is 5.97 Å². The van der Waals surface area contributed by atoms with Crippen molar-refractivity contribution in [3.05, 3.63) is 101 Å². The predicted octanol–water partition coefficient (Wildman–Crippen LogP) is 4.41. The van der Waals surface area contributed by atoms with Crippen molar-refractivity contribution in [2.45, 2.75) is 19.0 Å². The zero-order valence-corrected chi connectivity index (χ0v) is 15.9. The zero-order chi connectivity index (χ0) is 19.8. The summed E-state index contributed by atoms with van der Waals surface area (Å²) < 4.78 is 0. The van der Waals surface area contributed by atoms with Gasteiger partial charge in [-0.2, -0.15) is 0 Å². The van der Waals surface area contributed by atoms with Gasteiger partial charge in [0.2, 0.25) is 0 Å². The molecule has 5 heteroatoms. The summed E-state index contributed by atoms with van der Waals surface area (Å²) in [7, 11) is 0. The first-order valence-corrected chi connectivity index (χ1v) is 9.76. The van der Waals surface area contributed by atoms with E-state index in [-0.39, 0.29) is 6.04 Å². The Morgan fingerprint density at radius 3 is 2.86 bits per heavy atom. The Kier molecular flexibility index (Phi) is 4.37. The molecule has 1 unspecified atom stereocenters. The van der Waals surface area contributed by atoms with Crippen LogP contribution < -0.4 is 0 Å². The van der Waals surface area contributed by atoms with Gasteiger partial charge in [-0.25, -0.2) is 4.79 Å². The van der Waals surface area contributed by atoms with E-state index in [9.17, 15) is 9.90 Å². The number of hydrogen-bond acceptors (Lipinski definition) is 3. The molecule has 144 valence electrons. The number of hydrogen-bond donors (Lipinski definition) is 2. The van der Waals surface area contributed by atoms with E-state index >= 15 is 0 Å². The van der Waals surface area contributed by atoms with Crippen LogP contribution in [0.4, 0.5) is 0 Å². The summed E-state index contributed by atoms with van der Waals surface area (Å²) in [6.45, 7) is 1.57. The van der Waals surface area contributed by atoms with Crippen LogP contribution in [0.25, 0.3) is 10.9 Å². The van der Waals surface area contributed by atoms with Gasteiger partial charge in [0.25, 0.3) is 0 Å². The third-order valence-electron chi connectivity index (χ3n) is 5.69. The minimum absolute atomic E-state index is 0.0494. The van der Waals surface area contributed by atoms with Crippen LogP contribution in [0.1, 0.15) is 38.8 Å². The van der Waals surface area contributed by atoms with Gasteiger partial charge in [0.05, 0.1) is 11.6 Å². The van der Waals surface area contributed by atoms with Crippen molar-refractivity contribution in [2.24, 2.45) is 0 Å². The number of nitrogens with zero attached hydrogens (tertiary/aromatic N) is 2. The second-order valence-electron chi connectivity index (χ2n) is 7.48. The van der Waals surface area contributed by atoms with Gasteiger partial charge in [0, 0.05) is 42.1 Å². The summed E-state index contributed by atoms with van der Waals surface area (Å²) in [6, 6.07) is 19.8. The molecule has 5 rings (SSSR count). The normalized spacial score (nSPS) is 16.6. The van der Waals surface area contributed by atoms with Gasteiger partial charge < -0.3 is 10.1 Å². The molecule has 0 saturated carbocycles. The zero-order valence-electron chi connectivity index (χ0n) is 15.9. The van der Waals surface area contributed by atoms with Crippen LogP contribution in [0.5, 0.6) is 0 Å². The first-order valence-electron chi connectivity index (χ1n) is 9.76. The molecule has 0 saturated heterocycles. The molecule has 0 amide bonds. The lowest BCUT2D eigenvalue weighted by molar-refractivity contribution is 0.0696. The molecule has 1 atom stereocenters. The van der Waals surface area contributed by atoms with Crippen LogP contribution in [-0.4, -0.2) is 32.5 Å². The average Bonchev–Trinajstić information content (AvgIpc) is 3.13. The van der Waals surface area contributed by atoms with Crippen molar-refractivity contribution in [3.8, 4) is 0 Å². The van der Waals surface area contributed by atoms with Gasteiger partial charge in [-0.3, -0.25) is 9.88 Å². The van der Waals surface area contributed by atoms with E-state index in [2.05, 4.69) is 45.2 Å². The van der Waals surface area contributed by atoms with Gasteiger partial charge in [-0.15, -0.1) is 0 Å². The number of carboxylic acid groups (broad SMARTS) is 1. The number of H-pyrrole nitrogens is 1. The molecule has 1 aliphatic heterocycles. The van der Waals surface area contributed by atoms with Crippen LogP contribution in [0.2, 0.25) is 0 Å². The number of carbonyl (C=O) groups is 1. The summed E-state index contributed by atoms with van der Waals surface area (Å²) in [6.07, 6.45) is 4.67. The largest absolute Gasteiger partial charge is 0.478 e. The van der Waals surface area contributed by atoms with Crippen molar-refractivity contribution in [1.29, 1.82) is 0 Å². The molecule has 0 aliphatic carbocycles. The molecular weight excluding hydrogens is 362 g/mol. The highest BCUT2D eigenvalue weighted by atomic mass is 16.4. The Balaban J connectivity index is 1.58. The summed E-state index contributed by atoms with van der Waals surface area (Å²) in [5.74, 6) is -0.896. The van der Waals surface area contributed by atoms with Crippen LogP contribution in [-0.2, 0) is 13.0 Å². The van der Waals surface area contributed by atoms with E-state index in [0.29, 0.717) is 12.1 Å². The maximum Gasteiger partial charge on any atom is 0.335 e. The molecule has 0 radical (unpaired) electrons. The lowest BCUT2D eigenvalue weighted by atomic mass is 9.92. The molecule has 0 fully saturated rings. The SMILES string of the molecule is O=C(O)c1cccc(CN2CCc3c([nH]c4ccccc34)C2c2cccnc2)c1. The maximum absolute atomic E-state index is 11.4. The number of fused-ring (bicyclic) bond motifs is 3. The monoisotopic (exact) mass is 383 g/mol. The van der Waals surface area contributed by atoms with Gasteiger partial charge >= 0.3 is 5.97 Å². The molecule has 0 bridgehead atoms. The van der Waals surface area contributed by atoms with Gasteiger partial charge in [0.15, 0.2) is 0 Å². The molecular formula is C24H21N3O2. The molecule has 2 N–H and O–H groups in total. The topological polar surface area (TPSA) is 69.2 Å². The fourth-order valence-electron chi connectivity index (χ4n) is 4.41. The Morgan fingerprint density at radius 2 is 2.03 bits per heavy atom. The number of carboxylic acids is 1. The lowest BCUT2D eigenvalue weighted by Gasteiger charge is -2.36. The minimum atomic E-state index is -0.896. The third-order valence-corrected chi connectivity index (χ3v) is 5.69. The lowest BCUT2D eigenvalue weighted by Crippen LogP contribution is -2.35. The van der Waals surface area contributed by atoms with Crippen molar-refractivity contribution in [3.63, 3.8) is 0 Å². The van der Waals surface area contributed by atoms with E-state index in [0.717, 1.165) is 29.6 Å². The Labute approximate surface area is 168 Å². The van der Waals surface area contributed by atoms with E-state index in [1.165, 1.54) is 16.6 Å². The van der Waals surface area contributed by atoms with Gasteiger partial charge in [0.1, 0.15) is 0 Å². The average molecular weight is 383 g/mol. The number of aromatic carboxylic acids is 1. The Bertz CT molecular complexity index is 1180. The highest BCUT2D eigenvalue weighted by Crippen LogP contribution is 2.38. The highest BCUT2D eigenvalue weighted by molar-refractivity contribution is 5.87. The number of aromatic amines is 1. The van der Waals surface area contributed by atoms with Crippen LogP contribution >= 0.6 is 0 Å². The fourth-order valence-corrected chi connectivity index (χ4v) is 4.41. The molecule has 0 spiro atoms. The van der Waals surface area contributed by atoms with Gasteiger partial charge in [-0.05, 0) is 47.4 Å². The third kappa shape index (κ3) is 3.19. The number of rotatable bonds is 4. The minimum Gasteiger partial charge on any atom is -0.478 e.